The van der Waals surface area contributed by atoms with Crippen molar-refractivity contribution in [2.24, 2.45) is 5.73 Å². The van der Waals surface area contributed by atoms with Gasteiger partial charge in [-0.3, -0.25) is 0 Å². The summed E-state index contributed by atoms with van der Waals surface area (Å²) >= 11 is 0. The highest BCUT2D eigenvalue weighted by atomic mass is 16.4. The van der Waals surface area contributed by atoms with Gasteiger partial charge in [-0.15, -0.1) is 10.2 Å². The van der Waals surface area contributed by atoms with Crippen LogP contribution >= 0.6 is 0 Å². The summed E-state index contributed by atoms with van der Waals surface area (Å²) in [5.74, 6) is 1.58. The van der Waals surface area contributed by atoms with Gasteiger partial charge in [0.25, 0.3) is 0 Å². The fourth-order valence-corrected chi connectivity index (χ4v) is 1.10. The minimum Gasteiger partial charge on any atom is -0.424 e. The number of rotatable bonds is 4. The summed E-state index contributed by atoms with van der Waals surface area (Å²) in [5.41, 5.74) is 5.34. The Bertz CT molecular complexity index is 234. The van der Waals surface area contributed by atoms with Gasteiger partial charge in [-0.1, -0.05) is 20.3 Å². The summed E-state index contributed by atoms with van der Waals surface area (Å²) in [5, 5.41) is 7.71. The third-order valence-corrected chi connectivity index (χ3v) is 1.80. The molecule has 1 unspecified atom stereocenters. The number of hydrogen-bond donors (Lipinski definition) is 1. The van der Waals surface area contributed by atoms with Gasteiger partial charge in [0.15, 0.2) is 0 Å². The van der Waals surface area contributed by atoms with Crippen molar-refractivity contribution < 1.29 is 4.42 Å². The predicted octanol–water partition coefficient (Wildman–Crippen LogP) is 1.43. The Morgan fingerprint density at radius 1 is 1.50 bits per heavy atom. The second kappa shape index (κ2) is 4.21. The quantitative estimate of drug-likeness (QED) is 0.740. The first-order valence-corrected chi connectivity index (χ1v) is 4.30. The van der Waals surface area contributed by atoms with Crippen LogP contribution in [0.25, 0.3) is 0 Å². The summed E-state index contributed by atoms with van der Waals surface area (Å²) in [6, 6.07) is 0. The Kier molecular flexibility index (Phi) is 3.22. The molecule has 12 heavy (non-hydrogen) atoms. The summed E-state index contributed by atoms with van der Waals surface area (Å²) in [4.78, 5) is 0. The maximum absolute atomic E-state index is 5.34. The van der Waals surface area contributed by atoms with E-state index in [1.807, 2.05) is 0 Å². The van der Waals surface area contributed by atoms with Gasteiger partial charge >= 0.3 is 0 Å². The van der Waals surface area contributed by atoms with E-state index in [4.69, 9.17) is 10.2 Å². The molecule has 4 heteroatoms. The van der Waals surface area contributed by atoms with Crippen LogP contribution in [-0.2, 0) is 6.54 Å². The molecule has 0 saturated heterocycles. The minimum absolute atomic E-state index is 0.325. The lowest BCUT2D eigenvalue weighted by molar-refractivity contribution is 0.414. The number of hydrogen-bond acceptors (Lipinski definition) is 4. The van der Waals surface area contributed by atoms with Crippen molar-refractivity contribution in [1.29, 1.82) is 0 Å². The van der Waals surface area contributed by atoms with Gasteiger partial charge in [0.05, 0.1) is 6.54 Å². The van der Waals surface area contributed by atoms with Crippen molar-refractivity contribution in [2.45, 2.75) is 39.2 Å². The molecule has 68 valence electrons. The third-order valence-electron chi connectivity index (χ3n) is 1.80. The van der Waals surface area contributed by atoms with Crippen molar-refractivity contribution in [2.75, 3.05) is 0 Å². The zero-order valence-corrected chi connectivity index (χ0v) is 7.58. The van der Waals surface area contributed by atoms with Gasteiger partial charge in [-0.05, 0) is 6.42 Å². The van der Waals surface area contributed by atoms with Crippen LogP contribution in [-0.4, -0.2) is 10.2 Å². The summed E-state index contributed by atoms with van der Waals surface area (Å²) in [6.07, 6.45) is 2.20. The van der Waals surface area contributed by atoms with Crippen molar-refractivity contribution in [3.63, 3.8) is 0 Å². The van der Waals surface area contributed by atoms with Crippen LogP contribution in [0, 0.1) is 0 Å². The van der Waals surface area contributed by atoms with E-state index in [1.165, 1.54) is 0 Å². The molecular formula is C8H15N3O. The lowest BCUT2D eigenvalue weighted by Crippen LogP contribution is -1.95. The van der Waals surface area contributed by atoms with Crippen molar-refractivity contribution >= 4 is 0 Å². The van der Waals surface area contributed by atoms with E-state index in [1.54, 1.807) is 0 Å². The van der Waals surface area contributed by atoms with Crippen LogP contribution in [0.1, 0.15) is 44.4 Å². The Morgan fingerprint density at radius 3 is 2.75 bits per heavy atom. The van der Waals surface area contributed by atoms with E-state index in [0.29, 0.717) is 24.2 Å². The molecular weight excluding hydrogens is 154 g/mol. The SMILES string of the molecule is CCCC(C)c1nnc(CN)o1. The fraction of sp³-hybridized carbons (Fsp3) is 0.750. The smallest absolute Gasteiger partial charge is 0.230 e. The fourth-order valence-electron chi connectivity index (χ4n) is 1.10. The van der Waals surface area contributed by atoms with Crippen LogP contribution in [0.15, 0.2) is 4.42 Å². The van der Waals surface area contributed by atoms with Crippen LogP contribution in [0.4, 0.5) is 0 Å². The Hall–Kier alpha value is -0.900. The highest BCUT2D eigenvalue weighted by Crippen LogP contribution is 2.18. The molecule has 0 fully saturated rings. The van der Waals surface area contributed by atoms with Crippen molar-refractivity contribution in [1.82, 2.24) is 10.2 Å². The second-order valence-electron chi connectivity index (χ2n) is 2.93. The lowest BCUT2D eigenvalue weighted by Gasteiger charge is -2.02. The van der Waals surface area contributed by atoms with Crippen molar-refractivity contribution in [3.8, 4) is 0 Å². The van der Waals surface area contributed by atoms with Gasteiger partial charge in [0.1, 0.15) is 0 Å². The van der Waals surface area contributed by atoms with E-state index in [2.05, 4.69) is 24.0 Å². The topological polar surface area (TPSA) is 64.9 Å². The molecule has 0 aliphatic heterocycles. The molecule has 1 rings (SSSR count). The second-order valence-corrected chi connectivity index (χ2v) is 2.93. The summed E-state index contributed by atoms with van der Waals surface area (Å²) in [7, 11) is 0. The van der Waals surface area contributed by atoms with Crippen LogP contribution < -0.4 is 5.73 Å². The molecule has 0 radical (unpaired) electrons. The Labute approximate surface area is 72.2 Å². The minimum atomic E-state index is 0.325. The van der Waals surface area contributed by atoms with E-state index in [9.17, 15) is 0 Å². The van der Waals surface area contributed by atoms with E-state index >= 15 is 0 Å². The first-order chi connectivity index (χ1) is 5.77. The number of aromatic nitrogens is 2. The molecule has 0 saturated carbocycles. The van der Waals surface area contributed by atoms with E-state index < -0.39 is 0 Å². The molecule has 0 aliphatic rings. The Balaban J connectivity index is 2.61. The molecule has 1 heterocycles. The third kappa shape index (κ3) is 2.04. The molecule has 4 nitrogen and oxygen atoms in total. The van der Waals surface area contributed by atoms with E-state index in [0.717, 1.165) is 12.8 Å². The molecule has 0 bridgehead atoms. The van der Waals surface area contributed by atoms with Gasteiger partial charge in [-0.25, -0.2) is 0 Å². The average Bonchev–Trinajstić information content (AvgIpc) is 2.52. The molecule has 0 spiro atoms. The van der Waals surface area contributed by atoms with Gasteiger partial charge in [0, 0.05) is 5.92 Å². The maximum atomic E-state index is 5.34. The standard InChI is InChI=1S/C8H15N3O/c1-3-4-6(2)8-11-10-7(5-9)12-8/h6H,3-5,9H2,1-2H3. The normalized spacial score (nSPS) is 13.2. The molecule has 0 amide bonds. The number of nitrogens with two attached hydrogens (primary N) is 1. The maximum Gasteiger partial charge on any atom is 0.230 e. The van der Waals surface area contributed by atoms with Gasteiger partial charge in [-0.2, -0.15) is 0 Å². The molecule has 2 N–H and O–H groups in total. The van der Waals surface area contributed by atoms with E-state index in [-0.39, 0.29) is 0 Å². The molecule has 1 atom stereocenters. The molecule has 1 aromatic heterocycles. The average molecular weight is 169 g/mol. The van der Waals surface area contributed by atoms with Gasteiger partial charge < -0.3 is 10.2 Å². The molecule has 0 aromatic carbocycles. The highest BCUT2D eigenvalue weighted by molar-refractivity contribution is 4.88. The largest absolute Gasteiger partial charge is 0.424 e. The van der Waals surface area contributed by atoms with Crippen LogP contribution in [0.5, 0.6) is 0 Å². The Morgan fingerprint density at radius 2 is 2.25 bits per heavy atom. The summed E-state index contributed by atoms with van der Waals surface area (Å²) < 4.78 is 5.30. The lowest BCUT2D eigenvalue weighted by atomic mass is 10.1. The zero-order chi connectivity index (χ0) is 8.97. The predicted molar refractivity (Wildman–Crippen MR) is 45.5 cm³/mol. The highest BCUT2D eigenvalue weighted by Gasteiger charge is 2.11. The molecule has 1 aromatic rings. The molecule has 0 aliphatic carbocycles. The van der Waals surface area contributed by atoms with Crippen LogP contribution in [0.2, 0.25) is 0 Å². The first kappa shape index (κ1) is 9.19. The van der Waals surface area contributed by atoms with Crippen molar-refractivity contribution in [3.05, 3.63) is 11.8 Å². The monoisotopic (exact) mass is 169 g/mol. The first-order valence-electron chi connectivity index (χ1n) is 4.30. The van der Waals surface area contributed by atoms with Crippen LogP contribution in [0.3, 0.4) is 0 Å². The number of nitrogens with zero attached hydrogens (tertiary/aromatic N) is 2. The summed E-state index contributed by atoms with van der Waals surface area (Å²) in [6.45, 7) is 4.54. The zero-order valence-electron chi connectivity index (χ0n) is 7.58. The van der Waals surface area contributed by atoms with Gasteiger partial charge in [0.2, 0.25) is 11.8 Å².